The Hall–Kier alpha value is -3.83. The smallest absolute Gasteiger partial charge is 0.266 e. The fourth-order valence-corrected chi connectivity index (χ4v) is 3.09. The molecule has 0 unspecified atom stereocenters. The number of ether oxygens (including phenoxy) is 3. The number of carbonyl (C=O) groups is 2. The van der Waals surface area contributed by atoms with Gasteiger partial charge in [-0.1, -0.05) is 23.8 Å². The number of hydrogen-bond donors (Lipinski definition) is 1. The first-order valence-corrected chi connectivity index (χ1v) is 10.2. The number of morpholine rings is 1. The van der Waals surface area contributed by atoms with Crippen molar-refractivity contribution in [1.82, 2.24) is 4.90 Å². The van der Waals surface area contributed by atoms with Gasteiger partial charge in [-0.2, -0.15) is 5.26 Å². The van der Waals surface area contributed by atoms with Crippen LogP contribution in [0.4, 0.5) is 5.69 Å². The monoisotopic (exact) mass is 435 g/mol. The Morgan fingerprint density at radius 3 is 2.53 bits per heavy atom. The van der Waals surface area contributed by atoms with Crippen molar-refractivity contribution < 1.29 is 23.8 Å². The third-order valence-electron chi connectivity index (χ3n) is 4.89. The molecule has 1 N–H and O–H groups in total. The molecule has 1 aliphatic rings. The first kappa shape index (κ1) is 22.8. The van der Waals surface area contributed by atoms with Gasteiger partial charge in [0.1, 0.15) is 11.6 Å². The van der Waals surface area contributed by atoms with E-state index in [4.69, 9.17) is 14.2 Å². The Morgan fingerprint density at radius 2 is 1.88 bits per heavy atom. The quantitative estimate of drug-likeness (QED) is 0.530. The van der Waals surface area contributed by atoms with Crippen LogP contribution in [0.15, 0.2) is 48.0 Å². The molecule has 32 heavy (non-hydrogen) atoms. The molecule has 2 amide bonds. The van der Waals surface area contributed by atoms with Crippen molar-refractivity contribution in [2.24, 2.45) is 0 Å². The van der Waals surface area contributed by atoms with Crippen LogP contribution in [0.1, 0.15) is 11.1 Å². The number of anilines is 1. The minimum atomic E-state index is -0.508. The molecule has 0 aliphatic carbocycles. The zero-order chi connectivity index (χ0) is 22.9. The lowest BCUT2D eigenvalue weighted by Gasteiger charge is -2.26. The Balaban J connectivity index is 1.68. The zero-order valence-electron chi connectivity index (χ0n) is 18.1. The number of carbonyl (C=O) groups excluding carboxylic acids is 2. The van der Waals surface area contributed by atoms with Gasteiger partial charge in [0.05, 0.1) is 20.3 Å². The highest BCUT2D eigenvalue weighted by atomic mass is 16.5. The number of amides is 2. The summed E-state index contributed by atoms with van der Waals surface area (Å²) in [5, 5.41) is 12.2. The molecule has 1 saturated heterocycles. The SMILES string of the molecule is COc1cc(/C=C(/C#N)C(=O)Nc2ccc(C)cc2)ccc1OCC(=O)N1CCOCC1. The molecule has 8 nitrogen and oxygen atoms in total. The Bertz CT molecular complexity index is 1030. The summed E-state index contributed by atoms with van der Waals surface area (Å²) >= 11 is 0. The highest BCUT2D eigenvalue weighted by Gasteiger charge is 2.18. The highest BCUT2D eigenvalue weighted by molar-refractivity contribution is 6.09. The molecule has 8 heteroatoms. The van der Waals surface area contributed by atoms with Crippen LogP contribution < -0.4 is 14.8 Å². The van der Waals surface area contributed by atoms with Crippen LogP contribution in [0, 0.1) is 18.3 Å². The molecule has 0 spiro atoms. The van der Waals surface area contributed by atoms with E-state index in [0.29, 0.717) is 49.1 Å². The van der Waals surface area contributed by atoms with E-state index >= 15 is 0 Å². The molecule has 0 atom stereocenters. The zero-order valence-corrected chi connectivity index (χ0v) is 18.1. The lowest BCUT2D eigenvalue weighted by Crippen LogP contribution is -2.43. The molecule has 3 rings (SSSR count). The number of hydrogen-bond acceptors (Lipinski definition) is 6. The molecule has 1 heterocycles. The van der Waals surface area contributed by atoms with Crippen molar-refractivity contribution in [3.63, 3.8) is 0 Å². The van der Waals surface area contributed by atoms with Crippen LogP contribution in [0.25, 0.3) is 6.08 Å². The lowest BCUT2D eigenvalue weighted by molar-refractivity contribution is -0.137. The third-order valence-corrected chi connectivity index (χ3v) is 4.89. The average molecular weight is 435 g/mol. The largest absolute Gasteiger partial charge is 0.493 e. The second-order valence-corrected chi connectivity index (χ2v) is 7.18. The molecule has 1 fully saturated rings. The maximum absolute atomic E-state index is 12.5. The predicted octanol–water partition coefficient (Wildman–Crippen LogP) is 2.79. The fraction of sp³-hybridized carbons (Fsp3) is 0.292. The number of nitrogens with zero attached hydrogens (tertiary/aromatic N) is 2. The fourth-order valence-electron chi connectivity index (χ4n) is 3.09. The first-order valence-electron chi connectivity index (χ1n) is 10.2. The van der Waals surface area contributed by atoms with Gasteiger partial charge in [-0.15, -0.1) is 0 Å². The van der Waals surface area contributed by atoms with Crippen LogP contribution in [-0.4, -0.2) is 56.7 Å². The second-order valence-electron chi connectivity index (χ2n) is 7.18. The molecular formula is C24H25N3O5. The van der Waals surface area contributed by atoms with Gasteiger partial charge >= 0.3 is 0 Å². The first-order chi connectivity index (χ1) is 15.5. The normalized spacial score (nSPS) is 13.8. The molecule has 0 radical (unpaired) electrons. The van der Waals surface area contributed by atoms with Crippen LogP contribution in [-0.2, 0) is 14.3 Å². The average Bonchev–Trinajstić information content (AvgIpc) is 2.83. The van der Waals surface area contributed by atoms with E-state index in [0.717, 1.165) is 5.56 Å². The van der Waals surface area contributed by atoms with Crippen molar-refractivity contribution in [3.8, 4) is 17.6 Å². The maximum atomic E-state index is 12.5. The molecule has 166 valence electrons. The Labute approximate surface area is 187 Å². The van der Waals surface area contributed by atoms with Crippen molar-refractivity contribution in [1.29, 1.82) is 5.26 Å². The number of methoxy groups -OCH3 is 1. The van der Waals surface area contributed by atoms with Gasteiger partial charge in [0.15, 0.2) is 18.1 Å². The second kappa shape index (κ2) is 11.0. The Morgan fingerprint density at radius 1 is 1.16 bits per heavy atom. The molecule has 0 saturated carbocycles. The van der Waals surface area contributed by atoms with E-state index < -0.39 is 5.91 Å². The highest BCUT2D eigenvalue weighted by Crippen LogP contribution is 2.29. The van der Waals surface area contributed by atoms with Gasteiger partial charge in [0.2, 0.25) is 0 Å². The standard InChI is InChI=1S/C24H25N3O5/c1-17-3-6-20(7-4-17)26-24(29)19(15-25)13-18-5-8-21(22(14-18)30-2)32-16-23(28)27-9-11-31-12-10-27/h3-8,13-14H,9-12,16H2,1-2H3,(H,26,29)/b19-13-. The molecular weight excluding hydrogens is 410 g/mol. The summed E-state index contributed by atoms with van der Waals surface area (Å²) in [6, 6.07) is 14.2. The van der Waals surface area contributed by atoms with Gasteiger partial charge in [-0.25, -0.2) is 0 Å². The van der Waals surface area contributed by atoms with Crippen LogP contribution in [0.3, 0.4) is 0 Å². The van der Waals surface area contributed by atoms with E-state index in [1.54, 1.807) is 35.2 Å². The number of rotatable bonds is 7. The molecule has 0 aromatic heterocycles. The molecule has 0 bridgehead atoms. The Kier molecular flexibility index (Phi) is 7.84. The number of aryl methyl sites for hydroxylation is 1. The van der Waals surface area contributed by atoms with Crippen molar-refractivity contribution >= 4 is 23.6 Å². The summed E-state index contributed by atoms with van der Waals surface area (Å²) in [6.45, 7) is 3.97. The van der Waals surface area contributed by atoms with Gasteiger partial charge in [0, 0.05) is 18.8 Å². The van der Waals surface area contributed by atoms with E-state index in [1.165, 1.54) is 13.2 Å². The predicted molar refractivity (Wildman–Crippen MR) is 119 cm³/mol. The van der Waals surface area contributed by atoms with Crippen molar-refractivity contribution in [2.75, 3.05) is 45.3 Å². The summed E-state index contributed by atoms with van der Waals surface area (Å²) in [4.78, 5) is 26.4. The number of nitriles is 1. The van der Waals surface area contributed by atoms with Gasteiger partial charge in [-0.3, -0.25) is 9.59 Å². The molecule has 2 aromatic rings. The minimum absolute atomic E-state index is 0.0520. The summed E-state index contributed by atoms with van der Waals surface area (Å²) in [5.41, 5.74) is 2.21. The maximum Gasteiger partial charge on any atom is 0.266 e. The molecule has 2 aromatic carbocycles. The van der Waals surface area contributed by atoms with Crippen molar-refractivity contribution in [3.05, 3.63) is 59.2 Å². The van der Waals surface area contributed by atoms with E-state index in [-0.39, 0.29) is 18.1 Å². The summed E-state index contributed by atoms with van der Waals surface area (Å²) in [6.07, 6.45) is 1.47. The van der Waals surface area contributed by atoms with Gasteiger partial charge in [-0.05, 0) is 42.8 Å². The van der Waals surface area contributed by atoms with E-state index in [1.807, 2.05) is 25.1 Å². The van der Waals surface area contributed by atoms with E-state index in [9.17, 15) is 14.9 Å². The lowest BCUT2D eigenvalue weighted by atomic mass is 10.1. The minimum Gasteiger partial charge on any atom is -0.493 e. The molecule has 1 aliphatic heterocycles. The van der Waals surface area contributed by atoms with Crippen molar-refractivity contribution in [2.45, 2.75) is 6.92 Å². The van der Waals surface area contributed by atoms with Crippen LogP contribution >= 0.6 is 0 Å². The summed E-state index contributed by atoms with van der Waals surface area (Å²) in [5.74, 6) is 0.157. The summed E-state index contributed by atoms with van der Waals surface area (Å²) in [7, 11) is 1.48. The van der Waals surface area contributed by atoms with Gasteiger partial charge in [0.25, 0.3) is 11.8 Å². The van der Waals surface area contributed by atoms with Crippen LogP contribution in [0.5, 0.6) is 11.5 Å². The summed E-state index contributed by atoms with van der Waals surface area (Å²) < 4.78 is 16.3. The van der Waals surface area contributed by atoms with Gasteiger partial charge < -0.3 is 24.4 Å². The topological polar surface area (TPSA) is 101 Å². The third kappa shape index (κ3) is 6.09. The van der Waals surface area contributed by atoms with E-state index in [2.05, 4.69) is 5.32 Å². The number of nitrogens with one attached hydrogen (secondary N) is 1. The van der Waals surface area contributed by atoms with Crippen LogP contribution in [0.2, 0.25) is 0 Å². The number of benzene rings is 2.